The zero-order chi connectivity index (χ0) is 31.1. The van der Waals surface area contributed by atoms with E-state index in [1.807, 2.05) is 30.3 Å². The van der Waals surface area contributed by atoms with Crippen molar-refractivity contribution in [2.45, 2.75) is 18.6 Å². The molecule has 0 aliphatic rings. The number of alkyl carbamates (subject to hydrolysis) is 1. The summed E-state index contributed by atoms with van der Waals surface area (Å²) in [5.74, 6) is -3.71. The van der Waals surface area contributed by atoms with Crippen LogP contribution in [0.5, 0.6) is 0 Å². The zero-order valence-electron chi connectivity index (χ0n) is 21.7. The highest BCUT2D eigenvalue weighted by molar-refractivity contribution is 6.30. The lowest BCUT2D eigenvalue weighted by Gasteiger charge is -2.18. The van der Waals surface area contributed by atoms with Gasteiger partial charge in [-0.05, 0) is 41.0 Å². The average Bonchev–Trinajstić information content (AvgIpc) is 2.94. The molecule has 1 heterocycles. The molecule has 15 heteroatoms. The third kappa shape index (κ3) is 12.6. The number of nitrogens with one attached hydrogen (secondary N) is 3. The lowest BCUT2D eigenvalue weighted by Crippen LogP contribution is -2.39. The number of hydrogen-bond donors (Lipinski definition) is 5. The summed E-state index contributed by atoms with van der Waals surface area (Å²) in [6.45, 7) is 0.0699. The molecule has 0 aliphatic carbocycles. The second kappa shape index (κ2) is 16.4. The van der Waals surface area contributed by atoms with Crippen LogP contribution < -0.4 is 16.0 Å². The smallest absolute Gasteiger partial charge is 0.481 e. The maximum Gasteiger partial charge on any atom is 0.490 e. The maximum absolute atomic E-state index is 12.3. The first-order valence-electron chi connectivity index (χ1n) is 12.1. The lowest BCUT2D eigenvalue weighted by atomic mass is 9.99. The van der Waals surface area contributed by atoms with Gasteiger partial charge in [-0.15, -0.1) is 0 Å². The van der Waals surface area contributed by atoms with Crippen molar-refractivity contribution >= 4 is 41.4 Å². The van der Waals surface area contributed by atoms with Crippen molar-refractivity contribution in [1.82, 2.24) is 15.6 Å². The van der Waals surface area contributed by atoms with E-state index in [-0.39, 0.29) is 19.6 Å². The van der Waals surface area contributed by atoms with Gasteiger partial charge < -0.3 is 30.9 Å². The molecule has 0 bridgehead atoms. The van der Waals surface area contributed by atoms with Crippen LogP contribution >= 0.6 is 11.6 Å². The van der Waals surface area contributed by atoms with Gasteiger partial charge >= 0.3 is 24.2 Å². The van der Waals surface area contributed by atoms with E-state index in [0.29, 0.717) is 22.9 Å². The Morgan fingerprint density at radius 3 is 2.05 bits per heavy atom. The number of benzene rings is 2. The number of pyridine rings is 1. The molecule has 2 aromatic carbocycles. The van der Waals surface area contributed by atoms with Gasteiger partial charge in [0.25, 0.3) is 0 Å². The summed E-state index contributed by atoms with van der Waals surface area (Å²) in [6.07, 6.45) is -4.51. The second-order valence-electron chi connectivity index (χ2n) is 8.28. The van der Waals surface area contributed by atoms with Crippen LogP contribution in [0.2, 0.25) is 5.02 Å². The summed E-state index contributed by atoms with van der Waals surface area (Å²) in [4.78, 5) is 48.5. The summed E-state index contributed by atoms with van der Waals surface area (Å²) in [5.41, 5.74) is 2.51. The number of ether oxygens (including phenoxy) is 1. The molecule has 0 saturated heterocycles. The molecule has 0 aliphatic heterocycles. The van der Waals surface area contributed by atoms with Gasteiger partial charge in [0.2, 0.25) is 5.91 Å². The van der Waals surface area contributed by atoms with Gasteiger partial charge in [-0.3, -0.25) is 9.59 Å². The second-order valence-corrected chi connectivity index (χ2v) is 8.72. The molecule has 0 fully saturated rings. The predicted molar refractivity (Wildman–Crippen MR) is 146 cm³/mol. The summed E-state index contributed by atoms with van der Waals surface area (Å²) in [5, 5.41) is 25.0. The highest BCUT2D eigenvalue weighted by atomic mass is 35.5. The van der Waals surface area contributed by atoms with Gasteiger partial charge in [-0.2, -0.15) is 13.2 Å². The van der Waals surface area contributed by atoms with Crippen LogP contribution in [-0.4, -0.2) is 65.0 Å². The highest BCUT2D eigenvalue weighted by Gasteiger charge is 2.38. The Morgan fingerprint density at radius 2 is 1.52 bits per heavy atom. The molecule has 2 amide bonds. The van der Waals surface area contributed by atoms with Crippen LogP contribution in [0.25, 0.3) is 11.1 Å². The standard InChI is InChI=1S/C25H25ClN4O5.C2HF3O2/c26-20-10-8-18(9-11-20)17-4-6-19(7-5-17)21(15-24(32)33)30-23(31)16-29-25(34)35-14-13-28-22-3-1-2-12-27-22;3-2(4,5)1(6)7/h1-12,21H,13-16H2,(H,27,28)(H,29,34)(H,30,31)(H,32,33);(H,6,7). The molecule has 3 rings (SSSR count). The summed E-state index contributed by atoms with van der Waals surface area (Å²) in [7, 11) is 0. The first-order chi connectivity index (χ1) is 19.8. The van der Waals surface area contributed by atoms with Crippen LogP contribution in [-0.2, 0) is 19.1 Å². The van der Waals surface area contributed by atoms with Gasteiger partial charge in [0.1, 0.15) is 19.0 Å². The number of aliphatic carboxylic acids is 2. The fraction of sp³-hybridized carbons (Fsp3) is 0.222. The monoisotopic (exact) mass is 610 g/mol. The van der Waals surface area contributed by atoms with Crippen molar-refractivity contribution in [3.8, 4) is 11.1 Å². The molecule has 3 aromatic rings. The van der Waals surface area contributed by atoms with Crippen LogP contribution in [0.1, 0.15) is 18.0 Å². The number of aromatic nitrogens is 1. The number of hydrogen-bond acceptors (Lipinski definition) is 7. The Balaban J connectivity index is 0.000000782. The number of rotatable bonds is 11. The van der Waals surface area contributed by atoms with Gasteiger partial charge in [0.05, 0.1) is 19.0 Å². The first kappa shape index (κ1) is 33.4. The van der Waals surface area contributed by atoms with Crippen molar-refractivity contribution in [1.29, 1.82) is 0 Å². The number of carboxylic acids is 2. The van der Waals surface area contributed by atoms with Crippen LogP contribution in [0, 0.1) is 0 Å². The van der Waals surface area contributed by atoms with Gasteiger partial charge in [0, 0.05) is 11.2 Å². The molecule has 1 unspecified atom stereocenters. The van der Waals surface area contributed by atoms with E-state index in [9.17, 15) is 32.7 Å². The number of alkyl halides is 3. The van der Waals surface area contributed by atoms with Crippen molar-refractivity contribution in [3.63, 3.8) is 0 Å². The lowest BCUT2D eigenvalue weighted by molar-refractivity contribution is -0.192. The molecule has 1 atom stereocenters. The fourth-order valence-corrected chi connectivity index (χ4v) is 3.34. The summed E-state index contributed by atoms with van der Waals surface area (Å²) in [6, 6.07) is 19.2. The quantitative estimate of drug-likeness (QED) is 0.196. The number of nitrogens with zero attached hydrogens (tertiary/aromatic N) is 1. The number of carbonyl (C=O) groups is 4. The Hall–Kier alpha value is -4.85. The molecule has 11 nitrogen and oxygen atoms in total. The van der Waals surface area contributed by atoms with Gasteiger partial charge in [-0.25, -0.2) is 14.6 Å². The normalized spacial score (nSPS) is 11.2. The first-order valence-corrected chi connectivity index (χ1v) is 12.5. The Kier molecular flexibility index (Phi) is 13.0. The van der Waals surface area contributed by atoms with Crippen molar-refractivity contribution in [3.05, 3.63) is 83.5 Å². The Bertz CT molecular complexity index is 1330. The zero-order valence-corrected chi connectivity index (χ0v) is 22.5. The van der Waals surface area contributed by atoms with E-state index in [1.165, 1.54) is 0 Å². The molecule has 0 saturated carbocycles. The molecule has 5 N–H and O–H groups in total. The predicted octanol–water partition coefficient (Wildman–Crippen LogP) is 4.51. The Morgan fingerprint density at radius 1 is 0.929 bits per heavy atom. The number of amides is 2. The van der Waals surface area contributed by atoms with Crippen LogP contribution in [0.15, 0.2) is 72.9 Å². The van der Waals surface area contributed by atoms with E-state index in [2.05, 4.69) is 20.9 Å². The largest absolute Gasteiger partial charge is 0.490 e. The molecular formula is C27H26ClF3N4O7. The molecule has 0 radical (unpaired) electrons. The minimum atomic E-state index is -5.08. The molecule has 224 valence electrons. The minimum Gasteiger partial charge on any atom is -0.481 e. The molecule has 0 spiro atoms. The van der Waals surface area contributed by atoms with Crippen molar-refractivity contribution < 1.29 is 47.3 Å². The van der Waals surface area contributed by atoms with E-state index in [4.69, 9.17) is 26.2 Å². The van der Waals surface area contributed by atoms with E-state index < -0.39 is 36.2 Å². The average molecular weight is 611 g/mol. The molecule has 1 aromatic heterocycles. The number of anilines is 1. The van der Waals surface area contributed by atoms with E-state index in [1.54, 1.807) is 42.6 Å². The Labute approximate surface area is 242 Å². The number of halogens is 4. The van der Waals surface area contributed by atoms with Crippen LogP contribution in [0.4, 0.5) is 23.8 Å². The minimum absolute atomic E-state index is 0.0750. The fourth-order valence-electron chi connectivity index (χ4n) is 3.22. The highest BCUT2D eigenvalue weighted by Crippen LogP contribution is 2.25. The van der Waals surface area contributed by atoms with E-state index in [0.717, 1.165) is 11.1 Å². The third-order valence-electron chi connectivity index (χ3n) is 5.15. The number of carbonyl (C=O) groups excluding carboxylic acids is 2. The number of carboxylic acid groups (broad SMARTS) is 2. The molecular weight excluding hydrogens is 585 g/mol. The summed E-state index contributed by atoms with van der Waals surface area (Å²) >= 11 is 5.93. The molecule has 42 heavy (non-hydrogen) atoms. The van der Waals surface area contributed by atoms with E-state index >= 15 is 0 Å². The van der Waals surface area contributed by atoms with Gasteiger partial charge in [0.15, 0.2) is 0 Å². The maximum atomic E-state index is 12.3. The van der Waals surface area contributed by atoms with Gasteiger partial charge in [-0.1, -0.05) is 54.1 Å². The SMILES string of the molecule is O=C(O)C(F)(F)F.O=C(O)CC(NC(=O)CNC(=O)OCCNc1ccccn1)c1ccc(-c2ccc(Cl)cc2)cc1. The van der Waals surface area contributed by atoms with Crippen molar-refractivity contribution in [2.24, 2.45) is 0 Å². The third-order valence-corrected chi connectivity index (χ3v) is 5.40. The summed E-state index contributed by atoms with van der Waals surface area (Å²) < 4.78 is 36.7. The van der Waals surface area contributed by atoms with Crippen molar-refractivity contribution in [2.75, 3.05) is 25.0 Å². The van der Waals surface area contributed by atoms with Crippen LogP contribution in [0.3, 0.4) is 0 Å². The topological polar surface area (TPSA) is 167 Å².